The first-order chi connectivity index (χ1) is 10.7. The van der Waals surface area contributed by atoms with E-state index in [1.807, 2.05) is 37.4 Å². The second-order valence-corrected chi connectivity index (χ2v) is 6.69. The maximum absolute atomic E-state index is 12.4. The number of nitrogens with zero attached hydrogens (tertiary/aromatic N) is 2. The van der Waals surface area contributed by atoms with Crippen molar-refractivity contribution in [3.05, 3.63) is 30.3 Å². The van der Waals surface area contributed by atoms with E-state index in [2.05, 4.69) is 10.2 Å². The molecule has 0 aromatic heterocycles. The maximum atomic E-state index is 12.4. The van der Waals surface area contributed by atoms with Crippen molar-refractivity contribution in [1.82, 2.24) is 10.2 Å². The number of nitrogens with one attached hydrogen (secondary N) is 1. The van der Waals surface area contributed by atoms with Gasteiger partial charge < -0.3 is 10.2 Å². The van der Waals surface area contributed by atoms with Gasteiger partial charge in [0.15, 0.2) is 0 Å². The summed E-state index contributed by atoms with van der Waals surface area (Å²) in [6.45, 7) is 3.77. The predicted octanol–water partition coefficient (Wildman–Crippen LogP) is 2.54. The molecule has 0 bridgehead atoms. The lowest BCUT2D eigenvalue weighted by atomic mass is 10.0. The highest BCUT2D eigenvalue weighted by Gasteiger charge is 2.25. The Morgan fingerprint density at radius 3 is 2.43 bits per heavy atom. The third-order valence-corrected chi connectivity index (χ3v) is 4.86. The van der Waals surface area contributed by atoms with Gasteiger partial charge in [-0.15, -0.1) is 12.4 Å². The van der Waals surface area contributed by atoms with Crippen LogP contribution < -0.4 is 10.2 Å². The molecule has 1 aromatic rings. The zero-order chi connectivity index (χ0) is 15.4. The molecule has 1 N–H and O–H groups in total. The number of carbonyl (C=O) groups is 1. The second-order valence-electron chi connectivity index (χ2n) is 6.69. The summed E-state index contributed by atoms with van der Waals surface area (Å²) in [7, 11) is 1.86. The fourth-order valence-electron chi connectivity index (χ4n) is 3.04. The number of hydrogen-bond donors (Lipinski definition) is 1. The number of piperidine rings is 1. The van der Waals surface area contributed by atoms with Crippen LogP contribution in [0.2, 0.25) is 0 Å². The molecule has 1 saturated carbocycles. The van der Waals surface area contributed by atoms with E-state index in [0.717, 1.165) is 37.5 Å². The molecule has 1 saturated heterocycles. The maximum Gasteiger partial charge on any atom is 0.240 e. The van der Waals surface area contributed by atoms with Crippen LogP contribution in [0.5, 0.6) is 0 Å². The quantitative estimate of drug-likeness (QED) is 0.866. The summed E-state index contributed by atoms with van der Waals surface area (Å²) in [6, 6.07) is 10.5. The molecule has 1 aliphatic carbocycles. The van der Waals surface area contributed by atoms with E-state index >= 15 is 0 Å². The van der Waals surface area contributed by atoms with Gasteiger partial charge in [0.05, 0.1) is 6.54 Å². The topological polar surface area (TPSA) is 35.6 Å². The van der Waals surface area contributed by atoms with Crippen molar-refractivity contribution in [3.63, 3.8) is 0 Å². The molecular formula is C18H28ClN3O. The SMILES string of the molecule is CN(C(=O)CN1CCC(NCC2CC2)CC1)c1ccccc1.Cl. The monoisotopic (exact) mass is 337 g/mol. The lowest BCUT2D eigenvalue weighted by Crippen LogP contribution is -2.46. The highest BCUT2D eigenvalue weighted by molar-refractivity contribution is 5.94. The molecule has 0 unspecified atom stereocenters. The second kappa shape index (κ2) is 8.67. The van der Waals surface area contributed by atoms with E-state index in [0.29, 0.717) is 12.6 Å². The van der Waals surface area contributed by atoms with Gasteiger partial charge in [-0.2, -0.15) is 0 Å². The van der Waals surface area contributed by atoms with Crippen LogP contribution >= 0.6 is 12.4 Å². The average Bonchev–Trinajstić information content (AvgIpc) is 3.38. The lowest BCUT2D eigenvalue weighted by Gasteiger charge is -2.33. The number of amides is 1. The Balaban J connectivity index is 0.00000192. The van der Waals surface area contributed by atoms with Crippen molar-refractivity contribution in [2.75, 3.05) is 38.1 Å². The Hall–Kier alpha value is -1.10. The highest BCUT2D eigenvalue weighted by atomic mass is 35.5. The molecule has 2 fully saturated rings. The minimum Gasteiger partial charge on any atom is -0.314 e. The van der Waals surface area contributed by atoms with Crippen molar-refractivity contribution < 1.29 is 4.79 Å². The van der Waals surface area contributed by atoms with Crippen LogP contribution in [0, 0.1) is 5.92 Å². The lowest BCUT2D eigenvalue weighted by molar-refractivity contribution is -0.119. The highest BCUT2D eigenvalue weighted by Crippen LogP contribution is 2.28. The Labute approximate surface area is 145 Å². The minimum absolute atomic E-state index is 0. The smallest absolute Gasteiger partial charge is 0.240 e. The first-order valence-corrected chi connectivity index (χ1v) is 8.49. The van der Waals surface area contributed by atoms with E-state index < -0.39 is 0 Å². The molecule has 1 aliphatic heterocycles. The summed E-state index contributed by atoms with van der Waals surface area (Å²) < 4.78 is 0. The molecule has 5 heteroatoms. The van der Waals surface area contributed by atoms with E-state index in [4.69, 9.17) is 0 Å². The van der Waals surface area contributed by atoms with E-state index in [9.17, 15) is 4.79 Å². The largest absolute Gasteiger partial charge is 0.314 e. The molecule has 0 atom stereocenters. The van der Waals surface area contributed by atoms with Gasteiger partial charge in [-0.1, -0.05) is 18.2 Å². The molecule has 1 amide bonds. The van der Waals surface area contributed by atoms with Crippen molar-refractivity contribution >= 4 is 24.0 Å². The molecule has 0 radical (unpaired) electrons. The van der Waals surface area contributed by atoms with Crippen LogP contribution in [0.3, 0.4) is 0 Å². The summed E-state index contributed by atoms with van der Waals surface area (Å²) >= 11 is 0. The first kappa shape index (κ1) is 18.2. The standard InChI is InChI=1S/C18H27N3O.ClH/c1-20(17-5-3-2-4-6-17)18(22)14-21-11-9-16(10-12-21)19-13-15-7-8-15;/h2-6,15-16,19H,7-14H2,1H3;1H. The summed E-state index contributed by atoms with van der Waals surface area (Å²) in [6.07, 6.45) is 5.14. The van der Waals surface area contributed by atoms with Crippen LogP contribution in [0.25, 0.3) is 0 Å². The fraction of sp³-hybridized carbons (Fsp3) is 0.611. The van der Waals surface area contributed by atoms with Gasteiger partial charge in [0.2, 0.25) is 5.91 Å². The van der Waals surface area contributed by atoms with Crippen LogP contribution in [0.15, 0.2) is 30.3 Å². The molecule has 4 nitrogen and oxygen atoms in total. The zero-order valence-corrected chi connectivity index (χ0v) is 14.7. The van der Waals surface area contributed by atoms with E-state index in [1.54, 1.807) is 4.90 Å². The number of anilines is 1. The molecule has 3 rings (SSSR count). The van der Waals surface area contributed by atoms with Gasteiger partial charge in [0.25, 0.3) is 0 Å². The minimum atomic E-state index is 0. The van der Waals surface area contributed by atoms with Gasteiger partial charge in [0.1, 0.15) is 0 Å². The summed E-state index contributed by atoms with van der Waals surface area (Å²) in [5.41, 5.74) is 0.966. The number of likely N-dealkylation sites (tertiary alicyclic amines) is 1. The summed E-state index contributed by atoms with van der Waals surface area (Å²) in [4.78, 5) is 16.4. The third kappa shape index (κ3) is 5.48. The number of benzene rings is 1. The fourth-order valence-corrected chi connectivity index (χ4v) is 3.04. The van der Waals surface area contributed by atoms with Gasteiger partial charge in [-0.05, 0) is 50.3 Å². The Bertz CT molecular complexity index is 484. The summed E-state index contributed by atoms with van der Waals surface area (Å²) in [5.74, 6) is 1.12. The Kier molecular flexibility index (Phi) is 6.88. The van der Waals surface area contributed by atoms with Crippen molar-refractivity contribution in [3.8, 4) is 0 Å². The van der Waals surface area contributed by atoms with Gasteiger partial charge in [-0.25, -0.2) is 0 Å². The number of rotatable bonds is 6. The molecule has 23 heavy (non-hydrogen) atoms. The third-order valence-electron chi connectivity index (χ3n) is 4.86. The zero-order valence-electron chi connectivity index (χ0n) is 13.9. The van der Waals surface area contributed by atoms with Crippen LogP contribution in [-0.2, 0) is 4.79 Å². The van der Waals surface area contributed by atoms with Crippen LogP contribution in [-0.4, -0.2) is 50.1 Å². The number of para-hydroxylation sites is 1. The van der Waals surface area contributed by atoms with Crippen molar-refractivity contribution in [1.29, 1.82) is 0 Å². The van der Waals surface area contributed by atoms with Crippen LogP contribution in [0.1, 0.15) is 25.7 Å². The first-order valence-electron chi connectivity index (χ1n) is 8.49. The van der Waals surface area contributed by atoms with Crippen LogP contribution in [0.4, 0.5) is 5.69 Å². The van der Waals surface area contributed by atoms with E-state index in [-0.39, 0.29) is 18.3 Å². The van der Waals surface area contributed by atoms with E-state index in [1.165, 1.54) is 19.4 Å². The Morgan fingerprint density at radius 2 is 1.83 bits per heavy atom. The molecule has 2 aliphatic rings. The normalized spacial score (nSPS) is 19.2. The number of likely N-dealkylation sites (N-methyl/N-ethyl adjacent to an activating group) is 1. The number of carbonyl (C=O) groups excluding carboxylic acids is 1. The Morgan fingerprint density at radius 1 is 1.17 bits per heavy atom. The van der Waals surface area contributed by atoms with Gasteiger partial charge in [0, 0.05) is 31.9 Å². The molecule has 1 heterocycles. The molecular weight excluding hydrogens is 310 g/mol. The molecule has 0 spiro atoms. The number of hydrogen-bond acceptors (Lipinski definition) is 3. The molecule has 128 valence electrons. The van der Waals surface area contributed by atoms with Gasteiger partial charge >= 0.3 is 0 Å². The number of halogens is 1. The predicted molar refractivity (Wildman–Crippen MR) is 97.3 cm³/mol. The summed E-state index contributed by atoms with van der Waals surface area (Å²) in [5, 5.41) is 3.68. The average molecular weight is 338 g/mol. The van der Waals surface area contributed by atoms with Gasteiger partial charge in [-0.3, -0.25) is 9.69 Å². The van der Waals surface area contributed by atoms with Crippen molar-refractivity contribution in [2.24, 2.45) is 5.92 Å². The molecule has 1 aromatic carbocycles. The van der Waals surface area contributed by atoms with Crippen molar-refractivity contribution in [2.45, 2.75) is 31.7 Å².